The van der Waals surface area contributed by atoms with Crippen molar-refractivity contribution in [2.75, 3.05) is 12.4 Å². The molecule has 0 fully saturated rings. The highest BCUT2D eigenvalue weighted by Crippen LogP contribution is 2.13. The lowest BCUT2D eigenvalue weighted by Gasteiger charge is -2.08. The first-order chi connectivity index (χ1) is 9.67. The third-order valence-corrected chi connectivity index (χ3v) is 2.87. The molecule has 0 saturated carbocycles. The van der Waals surface area contributed by atoms with E-state index in [0.29, 0.717) is 6.47 Å². The second kappa shape index (κ2) is 8.75. The molecule has 20 heavy (non-hydrogen) atoms. The number of rotatable bonds is 4. The summed E-state index contributed by atoms with van der Waals surface area (Å²) in [5.41, 5.74) is 3.48. The lowest BCUT2D eigenvalue weighted by molar-refractivity contribution is -0.133. The smallest absolute Gasteiger partial charge is 0.293 e. The minimum atomic E-state index is -0.145. The number of nitrogens with one attached hydrogen (secondary N) is 1. The molecule has 0 saturated heterocycles. The van der Waals surface area contributed by atoms with Gasteiger partial charge in [-0.25, -0.2) is 0 Å². The second-order valence-corrected chi connectivity index (χ2v) is 4.40. The number of carbonyl (C=O) groups excluding carboxylic acids is 1. The number of hydrogen-bond acceptors (Lipinski definition) is 3. The molecule has 106 valence electrons. The number of aryl methyl sites for hydroxylation is 1. The van der Waals surface area contributed by atoms with Gasteiger partial charge in [0.2, 0.25) is 0 Å². The van der Waals surface area contributed by atoms with Crippen LogP contribution in [-0.2, 0) is 9.53 Å². The van der Waals surface area contributed by atoms with Gasteiger partial charge in [0.25, 0.3) is 6.47 Å². The molecular formula is C17H21NO2. The minimum absolute atomic E-state index is 0.145. The summed E-state index contributed by atoms with van der Waals surface area (Å²) in [4.78, 5) is 9.97. The molecule has 0 aliphatic heterocycles. The van der Waals surface area contributed by atoms with Gasteiger partial charge in [-0.2, -0.15) is 0 Å². The summed E-state index contributed by atoms with van der Waals surface area (Å²) < 4.78 is 4.75. The number of hydrogen-bond donors (Lipinski definition) is 1. The third kappa shape index (κ3) is 5.57. The van der Waals surface area contributed by atoms with Crippen molar-refractivity contribution < 1.29 is 9.53 Å². The molecule has 0 aromatic heterocycles. The quantitative estimate of drug-likeness (QED) is 0.855. The third-order valence-electron chi connectivity index (χ3n) is 2.87. The van der Waals surface area contributed by atoms with Crippen molar-refractivity contribution in [1.82, 2.24) is 0 Å². The summed E-state index contributed by atoms with van der Waals surface area (Å²) in [6.07, 6.45) is -0.145. The fraction of sp³-hybridized carbons (Fsp3) is 0.235. The van der Waals surface area contributed by atoms with Gasteiger partial charge in [-0.15, -0.1) is 0 Å². The van der Waals surface area contributed by atoms with Crippen molar-refractivity contribution in [2.45, 2.75) is 20.0 Å². The summed E-state index contributed by atoms with van der Waals surface area (Å²) in [5.74, 6) is 0. The van der Waals surface area contributed by atoms with Crippen LogP contribution in [0.3, 0.4) is 0 Å². The van der Waals surface area contributed by atoms with E-state index in [2.05, 4.69) is 36.5 Å². The first-order valence-corrected chi connectivity index (χ1v) is 6.56. The van der Waals surface area contributed by atoms with Crippen LogP contribution in [0, 0.1) is 6.92 Å². The number of carbonyl (C=O) groups is 1. The number of anilines is 1. The van der Waals surface area contributed by atoms with E-state index in [4.69, 9.17) is 4.74 Å². The molecular weight excluding hydrogens is 250 g/mol. The van der Waals surface area contributed by atoms with E-state index >= 15 is 0 Å². The van der Waals surface area contributed by atoms with Crippen molar-refractivity contribution >= 4 is 12.2 Å². The van der Waals surface area contributed by atoms with Gasteiger partial charge in [0, 0.05) is 12.7 Å². The molecule has 0 amide bonds. The highest BCUT2D eigenvalue weighted by atomic mass is 16.5. The zero-order valence-electron chi connectivity index (χ0n) is 12.2. The maximum Gasteiger partial charge on any atom is 0.293 e. The van der Waals surface area contributed by atoms with Crippen molar-refractivity contribution in [1.29, 1.82) is 0 Å². The van der Waals surface area contributed by atoms with E-state index < -0.39 is 0 Å². The summed E-state index contributed by atoms with van der Waals surface area (Å²) in [5, 5.41) is 3.05. The van der Waals surface area contributed by atoms with Gasteiger partial charge < -0.3 is 10.1 Å². The van der Waals surface area contributed by atoms with Crippen LogP contribution >= 0.6 is 0 Å². The fourth-order valence-electron chi connectivity index (χ4n) is 1.61. The topological polar surface area (TPSA) is 38.3 Å². The van der Waals surface area contributed by atoms with E-state index in [9.17, 15) is 4.79 Å². The Balaban J connectivity index is 0.000000204. The molecule has 1 N–H and O–H groups in total. The fourth-order valence-corrected chi connectivity index (χ4v) is 1.61. The average molecular weight is 271 g/mol. The Hall–Kier alpha value is -2.29. The first-order valence-electron chi connectivity index (χ1n) is 6.56. The van der Waals surface area contributed by atoms with Crippen LogP contribution in [0.25, 0.3) is 0 Å². The second-order valence-electron chi connectivity index (χ2n) is 4.40. The van der Waals surface area contributed by atoms with Gasteiger partial charge in [-0.05, 0) is 31.5 Å². The van der Waals surface area contributed by atoms with Crippen LogP contribution in [0.5, 0.6) is 0 Å². The van der Waals surface area contributed by atoms with Crippen LogP contribution < -0.4 is 5.32 Å². The lowest BCUT2D eigenvalue weighted by atomic mass is 10.1. The van der Waals surface area contributed by atoms with Gasteiger partial charge in [0.05, 0.1) is 0 Å². The molecule has 2 rings (SSSR count). The number of ether oxygens (including phenoxy) is 1. The Bertz CT molecular complexity index is 494. The standard InChI is InChI=1S/C9H10O2.C8H11N/c1-8(11-7-10)9-5-3-2-4-6-9;1-7-3-5-8(9-2)6-4-7/h2-8H,1H3;3-6,9H,1-2H3. The van der Waals surface area contributed by atoms with Crippen LogP contribution in [0.1, 0.15) is 24.2 Å². The SMILES string of the molecule is CC(OC=O)c1ccccc1.CNc1ccc(C)cc1. The van der Waals surface area contributed by atoms with Crippen LogP contribution in [0.2, 0.25) is 0 Å². The van der Waals surface area contributed by atoms with Crippen LogP contribution in [0.4, 0.5) is 5.69 Å². The van der Waals surface area contributed by atoms with E-state index in [0.717, 1.165) is 5.56 Å². The summed E-state index contributed by atoms with van der Waals surface area (Å²) in [6.45, 7) is 4.39. The molecule has 1 atom stereocenters. The lowest BCUT2D eigenvalue weighted by Crippen LogP contribution is -1.96. The van der Waals surface area contributed by atoms with Crippen molar-refractivity contribution in [2.24, 2.45) is 0 Å². The van der Waals surface area contributed by atoms with Gasteiger partial charge >= 0.3 is 0 Å². The largest absolute Gasteiger partial charge is 0.460 e. The van der Waals surface area contributed by atoms with Crippen LogP contribution in [0.15, 0.2) is 54.6 Å². The highest BCUT2D eigenvalue weighted by molar-refractivity contribution is 5.43. The Morgan fingerprint density at radius 3 is 2.15 bits per heavy atom. The molecule has 3 nitrogen and oxygen atoms in total. The zero-order chi connectivity index (χ0) is 14.8. The maximum atomic E-state index is 9.97. The van der Waals surface area contributed by atoms with Gasteiger partial charge in [0.1, 0.15) is 6.10 Å². The predicted molar refractivity (Wildman–Crippen MR) is 82.7 cm³/mol. The Kier molecular flexibility index (Phi) is 6.90. The molecule has 0 radical (unpaired) electrons. The van der Waals surface area contributed by atoms with E-state index in [1.807, 2.05) is 44.3 Å². The van der Waals surface area contributed by atoms with Crippen molar-refractivity contribution in [3.63, 3.8) is 0 Å². The highest BCUT2D eigenvalue weighted by Gasteiger charge is 2.02. The van der Waals surface area contributed by atoms with Gasteiger partial charge in [-0.3, -0.25) is 4.79 Å². The van der Waals surface area contributed by atoms with E-state index in [-0.39, 0.29) is 6.10 Å². The van der Waals surface area contributed by atoms with E-state index in [1.165, 1.54) is 11.3 Å². The monoisotopic (exact) mass is 271 g/mol. The predicted octanol–water partition coefficient (Wildman–Crippen LogP) is 3.96. The number of benzene rings is 2. The molecule has 0 aliphatic carbocycles. The Morgan fingerprint density at radius 1 is 1.05 bits per heavy atom. The van der Waals surface area contributed by atoms with Crippen LogP contribution in [-0.4, -0.2) is 13.5 Å². The molecule has 0 heterocycles. The van der Waals surface area contributed by atoms with Crippen molar-refractivity contribution in [3.8, 4) is 0 Å². The first kappa shape index (κ1) is 15.8. The summed E-state index contributed by atoms with van der Waals surface area (Å²) in [6, 6.07) is 17.9. The normalized spacial score (nSPS) is 10.8. The molecule has 1 unspecified atom stereocenters. The molecule has 3 heteroatoms. The van der Waals surface area contributed by atoms with Gasteiger partial charge in [-0.1, -0.05) is 48.0 Å². The molecule has 0 aliphatic rings. The summed E-state index contributed by atoms with van der Waals surface area (Å²) in [7, 11) is 1.92. The molecule has 0 bridgehead atoms. The molecule has 2 aromatic rings. The average Bonchev–Trinajstić information content (AvgIpc) is 2.50. The summed E-state index contributed by atoms with van der Waals surface area (Å²) >= 11 is 0. The minimum Gasteiger partial charge on any atom is -0.460 e. The Labute approximate surface area is 120 Å². The molecule has 0 spiro atoms. The van der Waals surface area contributed by atoms with Crippen molar-refractivity contribution in [3.05, 3.63) is 65.7 Å². The van der Waals surface area contributed by atoms with E-state index in [1.54, 1.807) is 0 Å². The zero-order valence-corrected chi connectivity index (χ0v) is 12.2. The maximum absolute atomic E-state index is 9.97. The molecule has 2 aromatic carbocycles. The van der Waals surface area contributed by atoms with Gasteiger partial charge in [0.15, 0.2) is 0 Å². The Morgan fingerprint density at radius 2 is 1.65 bits per heavy atom.